The van der Waals surface area contributed by atoms with Crippen LogP contribution in [-0.2, 0) is 22.5 Å². The number of aryl methyl sites for hydroxylation is 1. The summed E-state index contributed by atoms with van der Waals surface area (Å²) in [5.74, 6) is -0.223. The molecular weight excluding hydrogens is 352 g/mol. The van der Waals surface area contributed by atoms with Crippen LogP contribution in [0.25, 0.3) is 0 Å². The van der Waals surface area contributed by atoms with Gasteiger partial charge in [-0.05, 0) is 51.0 Å². The fourth-order valence-corrected chi connectivity index (χ4v) is 2.93. The predicted octanol–water partition coefficient (Wildman–Crippen LogP) is 4.17. The number of ketones is 1. The second-order valence-corrected chi connectivity index (χ2v) is 7.34. The normalized spacial score (nSPS) is 12.3. The van der Waals surface area contributed by atoms with Crippen LogP contribution in [0.5, 0.6) is 0 Å². The maximum absolute atomic E-state index is 12.4. The van der Waals surface area contributed by atoms with Gasteiger partial charge < -0.3 is 4.74 Å². The number of ether oxygens (including phenoxy) is 1. The summed E-state index contributed by atoms with van der Waals surface area (Å²) in [4.78, 5) is 24.7. The van der Waals surface area contributed by atoms with E-state index in [1.54, 1.807) is 31.2 Å². The topological polar surface area (TPSA) is 61.2 Å². The van der Waals surface area contributed by atoms with Crippen molar-refractivity contribution in [1.82, 2.24) is 9.78 Å². The fraction of sp³-hybridized carbons (Fsp3) is 0.450. The second-order valence-electron chi connectivity index (χ2n) is 6.91. The highest BCUT2D eigenvalue weighted by atomic mass is 35.5. The molecule has 0 bridgehead atoms. The van der Waals surface area contributed by atoms with E-state index in [1.165, 1.54) is 0 Å². The van der Waals surface area contributed by atoms with Gasteiger partial charge in [-0.2, -0.15) is 5.10 Å². The minimum Gasteiger partial charge on any atom is -0.454 e. The van der Waals surface area contributed by atoms with Crippen LogP contribution in [0.2, 0.25) is 5.02 Å². The molecule has 5 nitrogen and oxygen atoms in total. The van der Waals surface area contributed by atoms with Crippen molar-refractivity contribution >= 4 is 23.4 Å². The monoisotopic (exact) mass is 376 g/mol. The van der Waals surface area contributed by atoms with Crippen molar-refractivity contribution in [3.63, 3.8) is 0 Å². The van der Waals surface area contributed by atoms with E-state index < -0.39 is 12.1 Å². The Morgan fingerprint density at radius 3 is 2.35 bits per heavy atom. The van der Waals surface area contributed by atoms with Crippen LogP contribution in [0.4, 0.5) is 0 Å². The molecule has 0 amide bonds. The van der Waals surface area contributed by atoms with Crippen LogP contribution < -0.4 is 0 Å². The minimum absolute atomic E-state index is 0.105. The zero-order valence-electron chi connectivity index (χ0n) is 15.9. The number of hydrogen-bond donors (Lipinski definition) is 0. The summed E-state index contributed by atoms with van der Waals surface area (Å²) in [6, 6.07) is 6.52. The van der Waals surface area contributed by atoms with E-state index in [1.807, 2.05) is 18.5 Å². The third kappa shape index (κ3) is 4.94. The Balaban J connectivity index is 2.03. The molecular formula is C20H25ClN2O3. The molecule has 140 valence electrons. The van der Waals surface area contributed by atoms with E-state index in [4.69, 9.17) is 16.3 Å². The lowest BCUT2D eigenvalue weighted by molar-refractivity contribution is -0.145. The maximum Gasteiger partial charge on any atom is 0.311 e. The van der Waals surface area contributed by atoms with Gasteiger partial charge in [-0.1, -0.05) is 25.4 Å². The molecule has 6 heteroatoms. The average molecular weight is 377 g/mol. The summed E-state index contributed by atoms with van der Waals surface area (Å²) in [5, 5.41) is 5.05. The Bertz CT molecular complexity index is 794. The van der Waals surface area contributed by atoms with Gasteiger partial charge in [0.05, 0.1) is 12.1 Å². The first-order valence-electron chi connectivity index (χ1n) is 8.71. The Hall–Kier alpha value is -2.14. The third-order valence-electron chi connectivity index (χ3n) is 4.20. The molecule has 1 aromatic heterocycles. The molecule has 1 aromatic carbocycles. The molecule has 26 heavy (non-hydrogen) atoms. The largest absolute Gasteiger partial charge is 0.454 e. The number of hydrogen-bond acceptors (Lipinski definition) is 4. The number of benzene rings is 1. The summed E-state index contributed by atoms with van der Waals surface area (Å²) >= 11 is 5.83. The van der Waals surface area contributed by atoms with Gasteiger partial charge in [-0.15, -0.1) is 0 Å². The van der Waals surface area contributed by atoms with Gasteiger partial charge in [0.15, 0.2) is 6.10 Å². The van der Waals surface area contributed by atoms with Gasteiger partial charge in [0.1, 0.15) is 0 Å². The molecule has 0 saturated heterocycles. The van der Waals surface area contributed by atoms with Crippen LogP contribution in [0.1, 0.15) is 48.1 Å². The third-order valence-corrected chi connectivity index (χ3v) is 4.45. The second kappa shape index (κ2) is 8.49. The first-order valence-corrected chi connectivity index (χ1v) is 9.09. The number of carbonyl (C=O) groups is 2. The predicted molar refractivity (Wildman–Crippen MR) is 102 cm³/mol. The highest BCUT2D eigenvalue weighted by molar-refractivity contribution is 6.30. The SMILES string of the molecule is Cc1nn(CC(C)C)c(C)c1CC(=O)OC(C)C(=O)c1ccc(Cl)cc1. The van der Waals surface area contributed by atoms with Crippen molar-refractivity contribution in [3.8, 4) is 0 Å². The molecule has 0 aliphatic carbocycles. The fourth-order valence-electron chi connectivity index (χ4n) is 2.80. The molecule has 2 rings (SSSR count). The maximum atomic E-state index is 12.4. The lowest BCUT2D eigenvalue weighted by Gasteiger charge is -2.13. The van der Waals surface area contributed by atoms with Crippen LogP contribution in [0.15, 0.2) is 24.3 Å². The minimum atomic E-state index is -0.852. The first-order chi connectivity index (χ1) is 12.2. The van der Waals surface area contributed by atoms with Crippen molar-refractivity contribution in [1.29, 1.82) is 0 Å². The molecule has 1 heterocycles. The summed E-state index contributed by atoms with van der Waals surface area (Å²) < 4.78 is 7.26. The van der Waals surface area contributed by atoms with Crippen LogP contribution >= 0.6 is 11.6 Å². The lowest BCUT2D eigenvalue weighted by atomic mass is 10.1. The van der Waals surface area contributed by atoms with Gasteiger partial charge >= 0.3 is 5.97 Å². The molecule has 0 aliphatic rings. The Kier molecular flexibility index (Phi) is 6.59. The zero-order valence-corrected chi connectivity index (χ0v) is 16.6. The van der Waals surface area contributed by atoms with E-state index in [0.717, 1.165) is 23.5 Å². The molecule has 0 aliphatic heterocycles. The van der Waals surface area contributed by atoms with Crippen LogP contribution in [0, 0.1) is 19.8 Å². The molecule has 1 atom stereocenters. The number of nitrogens with zero attached hydrogens (tertiary/aromatic N) is 2. The van der Waals surface area contributed by atoms with Gasteiger partial charge in [0, 0.05) is 28.4 Å². The highest BCUT2D eigenvalue weighted by Crippen LogP contribution is 2.17. The molecule has 0 radical (unpaired) electrons. The highest BCUT2D eigenvalue weighted by Gasteiger charge is 2.22. The van der Waals surface area contributed by atoms with Gasteiger partial charge in [-0.25, -0.2) is 0 Å². The summed E-state index contributed by atoms with van der Waals surface area (Å²) in [7, 11) is 0. The van der Waals surface area contributed by atoms with Crippen molar-refractivity contribution in [2.45, 2.75) is 53.7 Å². The van der Waals surface area contributed by atoms with Crippen molar-refractivity contribution in [3.05, 3.63) is 51.8 Å². The standard InChI is InChI=1S/C20H25ClN2O3/c1-12(2)11-23-14(4)18(13(3)22-23)10-19(24)26-15(5)20(25)16-6-8-17(21)9-7-16/h6-9,12,15H,10-11H2,1-5H3. The van der Waals surface area contributed by atoms with E-state index in [-0.39, 0.29) is 12.2 Å². The smallest absolute Gasteiger partial charge is 0.311 e. The first kappa shape index (κ1) is 20.2. The van der Waals surface area contributed by atoms with Crippen molar-refractivity contribution < 1.29 is 14.3 Å². The molecule has 0 spiro atoms. The quantitative estimate of drug-likeness (QED) is 0.537. The average Bonchev–Trinajstić information content (AvgIpc) is 2.81. The van der Waals surface area contributed by atoms with Gasteiger partial charge in [0.25, 0.3) is 0 Å². The number of aromatic nitrogens is 2. The summed E-state index contributed by atoms with van der Waals surface area (Å²) in [5.41, 5.74) is 3.11. The number of esters is 1. The van der Waals surface area contributed by atoms with E-state index >= 15 is 0 Å². The number of carbonyl (C=O) groups excluding carboxylic acids is 2. The van der Waals surface area contributed by atoms with Crippen molar-refractivity contribution in [2.75, 3.05) is 0 Å². The lowest BCUT2D eigenvalue weighted by Crippen LogP contribution is -2.25. The molecule has 0 N–H and O–H groups in total. The Morgan fingerprint density at radius 2 is 1.77 bits per heavy atom. The van der Waals surface area contributed by atoms with Crippen LogP contribution in [-0.4, -0.2) is 27.6 Å². The van der Waals surface area contributed by atoms with Crippen LogP contribution in [0.3, 0.4) is 0 Å². The molecule has 0 fully saturated rings. The Labute approximate surface area is 159 Å². The molecule has 2 aromatic rings. The van der Waals surface area contributed by atoms with E-state index in [9.17, 15) is 9.59 Å². The molecule has 1 unspecified atom stereocenters. The summed E-state index contributed by atoms with van der Waals surface area (Å²) in [6.07, 6.45) is -0.747. The van der Waals surface area contributed by atoms with E-state index in [0.29, 0.717) is 16.5 Å². The molecule has 0 saturated carbocycles. The number of Topliss-reactive ketones (excluding diaryl/α,β-unsaturated/α-hetero) is 1. The van der Waals surface area contributed by atoms with E-state index in [2.05, 4.69) is 18.9 Å². The number of halogens is 1. The zero-order chi connectivity index (χ0) is 19.4. The van der Waals surface area contributed by atoms with Crippen molar-refractivity contribution in [2.24, 2.45) is 5.92 Å². The van der Waals surface area contributed by atoms with Gasteiger partial charge in [0.2, 0.25) is 5.78 Å². The Morgan fingerprint density at radius 1 is 1.15 bits per heavy atom. The number of rotatable bonds is 7. The summed E-state index contributed by atoms with van der Waals surface area (Å²) in [6.45, 7) is 10.5. The van der Waals surface area contributed by atoms with Gasteiger partial charge in [-0.3, -0.25) is 14.3 Å².